The molecule has 3 aliphatic heterocycles. The van der Waals surface area contributed by atoms with Crippen LogP contribution >= 0.6 is 11.6 Å². The van der Waals surface area contributed by atoms with Crippen LogP contribution in [0.4, 0.5) is 8.78 Å². The number of allylic oxidation sites excluding steroid dienone is 3. The van der Waals surface area contributed by atoms with Gasteiger partial charge in [0.05, 0.1) is 18.5 Å². The number of fused-ring (bicyclic) bond motifs is 1. The number of nitrogens with one attached hydrogen (secondary N) is 1. The van der Waals surface area contributed by atoms with E-state index < -0.39 is 26.6 Å². The van der Waals surface area contributed by atoms with Gasteiger partial charge in [0.25, 0.3) is 5.92 Å². The van der Waals surface area contributed by atoms with E-state index >= 15 is 0 Å². The Hall–Kier alpha value is -1.30. The van der Waals surface area contributed by atoms with E-state index in [1.807, 2.05) is 11.1 Å². The Labute approximate surface area is 238 Å². The number of aliphatic imine (C=N–C) groups is 1. The molecule has 6 atom stereocenters. The number of rotatable bonds is 11. The van der Waals surface area contributed by atoms with Gasteiger partial charge in [-0.05, 0) is 62.5 Å². The van der Waals surface area contributed by atoms with Crippen molar-refractivity contribution in [2.75, 3.05) is 19.6 Å². The zero-order chi connectivity index (χ0) is 28.4. The van der Waals surface area contributed by atoms with Crippen molar-refractivity contribution in [2.24, 2.45) is 21.9 Å². The van der Waals surface area contributed by atoms with Crippen molar-refractivity contribution in [3.63, 3.8) is 0 Å². The fourth-order valence-electron chi connectivity index (χ4n) is 6.08. The number of piperidine rings is 1. The smallest absolute Gasteiger partial charge is 0.266 e. The van der Waals surface area contributed by atoms with Crippen LogP contribution in [0.1, 0.15) is 65.2 Å². The molecule has 0 saturated carbocycles. The third-order valence-corrected chi connectivity index (χ3v) is 11.6. The molecule has 1 saturated heterocycles. The maximum atomic E-state index is 13.7. The lowest BCUT2D eigenvalue weighted by molar-refractivity contribution is 0.0579. The van der Waals surface area contributed by atoms with Crippen LogP contribution in [-0.4, -0.2) is 86.0 Å². The van der Waals surface area contributed by atoms with Gasteiger partial charge in [0, 0.05) is 44.2 Å². The normalized spacial score (nSPS) is 31.5. The second-order valence-corrected chi connectivity index (χ2v) is 14.1. The standard InChI is InChI=1S/C27H41BClF2N5O2S/c1-4-6-7-18(5-2)16-32-25-15-23(34-26-21(28)17-33-36(25)26)19-10-12-35(13-11-19)39(37,38)24-9-8-20(14-22(24)29)27(3,30)31/h4,8,17-19,21-22,24-26,32H,1,5-7,9-16H2,2-3H3. The first-order chi connectivity index (χ1) is 18.5. The topological polar surface area (TPSA) is 77.4 Å². The molecule has 216 valence electrons. The molecular formula is C27H41BClF2N5O2S. The molecule has 0 aromatic rings. The molecule has 0 amide bonds. The lowest BCUT2D eigenvalue weighted by atomic mass is 9.83. The first kappa shape index (κ1) is 30.7. The quantitative estimate of drug-likeness (QED) is 0.217. The van der Waals surface area contributed by atoms with Gasteiger partial charge in [0.15, 0.2) is 0 Å². The van der Waals surface area contributed by atoms with Crippen LogP contribution in [0.3, 0.4) is 0 Å². The van der Waals surface area contributed by atoms with E-state index in [1.165, 1.54) is 10.4 Å². The van der Waals surface area contributed by atoms with Crippen molar-refractivity contribution < 1.29 is 17.2 Å². The third kappa shape index (κ3) is 6.96. The van der Waals surface area contributed by atoms with E-state index in [2.05, 4.69) is 23.9 Å². The van der Waals surface area contributed by atoms with Gasteiger partial charge in [-0.3, -0.25) is 15.3 Å². The molecule has 39 heavy (non-hydrogen) atoms. The number of sulfonamides is 1. The monoisotopic (exact) mass is 583 g/mol. The Bertz CT molecular complexity index is 1070. The molecule has 6 unspecified atom stereocenters. The van der Waals surface area contributed by atoms with Gasteiger partial charge in [-0.2, -0.15) is 5.10 Å². The maximum Gasteiger partial charge on any atom is 0.266 e. The lowest BCUT2D eigenvalue weighted by Gasteiger charge is -2.41. The highest BCUT2D eigenvalue weighted by Crippen LogP contribution is 2.38. The summed E-state index contributed by atoms with van der Waals surface area (Å²) in [4.78, 5) is 4.99. The molecule has 1 fully saturated rings. The highest BCUT2D eigenvalue weighted by molar-refractivity contribution is 7.89. The summed E-state index contributed by atoms with van der Waals surface area (Å²) in [6.07, 6.45) is 9.85. The molecule has 0 bridgehead atoms. The summed E-state index contributed by atoms with van der Waals surface area (Å²) < 4.78 is 55.8. The molecule has 2 radical (unpaired) electrons. The Morgan fingerprint density at radius 3 is 2.67 bits per heavy atom. The minimum atomic E-state index is -3.72. The summed E-state index contributed by atoms with van der Waals surface area (Å²) in [6.45, 7) is 8.46. The van der Waals surface area contributed by atoms with Crippen LogP contribution in [-0.2, 0) is 10.0 Å². The van der Waals surface area contributed by atoms with Gasteiger partial charge in [0.2, 0.25) is 10.0 Å². The molecule has 7 nitrogen and oxygen atoms in total. The summed E-state index contributed by atoms with van der Waals surface area (Å²) in [5.41, 5.74) is 0.983. The highest BCUT2D eigenvalue weighted by Gasteiger charge is 2.44. The van der Waals surface area contributed by atoms with Gasteiger partial charge in [-0.1, -0.05) is 25.5 Å². The molecule has 0 aromatic carbocycles. The molecule has 4 rings (SSSR count). The van der Waals surface area contributed by atoms with Crippen LogP contribution in [0.5, 0.6) is 0 Å². The van der Waals surface area contributed by atoms with Gasteiger partial charge >= 0.3 is 0 Å². The van der Waals surface area contributed by atoms with Crippen LogP contribution in [0.15, 0.2) is 34.4 Å². The number of nitrogens with zero attached hydrogens (tertiary/aromatic N) is 4. The largest absolute Gasteiger partial charge is 0.295 e. The van der Waals surface area contributed by atoms with Crippen molar-refractivity contribution in [1.82, 2.24) is 14.6 Å². The van der Waals surface area contributed by atoms with E-state index in [-0.39, 0.29) is 42.5 Å². The summed E-state index contributed by atoms with van der Waals surface area (Å²) >= 11 is 6.37. The fourth-order valence-corrected chi connectivity index (χ4v) is 8.65. The minimum absolute atomic E-state index is 0.0101. The predicted molar refractivity (Wildman–Crippen MR) is 155 cm³/mol. The molecule has 4 aliphatic rings. The van der Waals surface area contributed by atoms with Gasteiger partial charge in [-0.25, -0.2) is 21.5 Å². The van der Waals surface area contributed by atoms with Crippen molar-refractivity contribution in [3.05, 3.63) is 24.3 Å². The van der Waals surface area contributed by atoms with Crippen LogP contribution < -0.4 is 5.32 Å². The number of hydrazone groups is 1. The second-order valence-electron chi connectivity index (χ2n) is 11.4. The minimum Gasteiger partial charge on any atom is -0.295 e. The van der Waals surface area contributed by atoms with E-state index in [9.17, 15) is 17.2 Å². The average Bonchev–Trinajstić information content (AvgIpc) is 3.28. The van der Waals surface area contributed by atoms with Crippen LogP contribution in [0.25, 0.3) is 0 Å². The number of alkyl halides is 3. The molecule has 0 aromatic heterocycles. The first-order valence-corrected chi connectivity index (χ1v) is 16.1. The van der Waals surface area contributed by atoms with Gasteiger partial charge < -0.3 is 0 Å². The van der Waals surface area contributed by atoms with E-state index in [0.717, 1.165) is 38.4 Å². The summed E-state index contributed by atoms with van der Waals surface area (Å²) in [6, 6.07) is 0. The predicted octanol–water partition coefficient (Wildman–Crippen LogP) is 4.72. The first-order valence-electron chi connectivity index (χ1n) is 14.1. The molecular weight excluding hydrogens is 543 g/mol. The zero-order valence-electron chi connectivity index (χ0n) is 23.0. The van der Waals surface area contributed by atoms with Crippen LogP contribution in [0, 0.1) is 11.8 Å². The lowest BCUT2D eigenvalue weighted by Crippen LogP contribution is -2.53. The summed E-state index contributed by atoms with van der Waals surface area (Å²) in [5, 5.41) is 8.44. The SMILES string of the molecule is [B]C1C=NN2C(NCC(CC)CCC=C)CC(C3CCN(S(=O)(=O)C4CC=C(C(C)(F)F)CC4Cl)CC3)=NC12. The van der Waals surface area contributed by atoms with Crippen molar-refractivity contribution in [3.8, 4) is 0 Å². The van der Waals surface area contributed by atoms with Crippen molar-refractivity contribution in [2.45, 2.75) is 99.9 Å². The van der Waals surface area contributed by atoms with Crippen molar-refractivity contribution >= 4 is 41.4 Å². The van der Waals surface area contributed by atoms with Gasteiger partial charge in [-0.15, -0.1) is 18.2 Å². The molecule has 1 aliphatic carbocycles. The number of hydrogen-bond acceptors (Lipinski definition) is 6. The molecule has 3 heterocycles. The Balaban J connectivity index is 1.39. The van der Waals surface area contributed by atoms with Crippen molar-refractivity contribution in [1.29, 1.82) is 0 Å². The van der Waals surface area contributed by atoms with Gasteiger partial charge in [0.1, 0.15) is 12.3 Å². The molecule has 12 heteroatoms. The molecule has 0 spiro atoms. The van der Waals surface area contributed by atoms with E-state index in [4.69, 9.17) is 24.4 Å². The zero-order valence-corrected chi connectivity index (χ0v) is 24.6. The number of halogens is 3. The maximum absolute atomic E-state index is 13.7. The Morgan fingerprint density at radius 2 is 2.05 bits per heavy atom. The summed E-state index contributed by atoms with van der Waals surface area (Å²) in [7, 11) is 2.60. The highest BCUT2D eigenvalue weighted by atomic mass is 35.5. The van der Waals surface area contributed by atoms with E-state index in [1.54, 1.807) is 6.21 Å². The second kappa shape index (κ2) is 12.7. The number of hydrogen-bond donors (Lipinski definition) is 1. The van der Waals surface area contributed by atoms with Crippen LogP contribution in [0.2, 0.25) is 5.82 Å². The van der Waals surface area contributed by atoms with E-state index in [0.29, 0.717) is 38.3 Å². The molecule has 1 N–H and O–H groups in total. The summed E-state index contributed by atoms with van der Waals surface area (Å²) in [5.74, 6) is -2.58. The Kier molecular flexibility index (Phi) is 9.98. The third-order valence-electron chi connectivity index (χ3n) is 8.65. The Morgan fingerprint density at radius 1 is 1.33 bits per heavy atom. The average molecular weight is 584 g/mol. The fraction of sp³-hybridized carbons (Fsp3) is 0.778.